The van der Waals surface area contributed by atoms with Crippen LogP contribution in [-0.4, -0.2) is 26.6 Å². The topological polar surface area (TPSA) is 36.4 Å². The molecule has 7 heteroatoms. The minimum Gasteiger partial charge on any atom is -0.359 e. The van der Waals surface area contributed by atoms with Gasteiger partial charge in [-0.25, -0.2) is 0 Å². The lowest BCUT2D eigenvalue weighted by Crippen LogP contribution is -2.43. The normalized spacial score (nSPS) is 17.5. The number of benzene rings is 1. The molecule has 0 aliphatic heterocycles. The Balaban J connectivity index is 0.00000264. The molecule has 1 aromatic carbocycles. The monoisotopic (exact) mass is 441 g/mol. The maximum absolute atomic E-state index is 13.0. The summed E-state index contributed by atoms with van der Waals surface area (Å²) < 4.78 is 38.9. The zero-order chi connectivity index (χ0) is 16.2. The van der Waals surface area contributed by atoms with Crippen LogP contribution in [0.15, 0.2) is 29.3 Å². The average molecular weight is 441 g/mol. The van der Waals surface area contributed by atoms with Gasteiger partial charge < -0.3 is 10.6 Å². The first-order valence-electron chi connectivity index (χ1n) is 7.47. The highest BCUT2D eigenvalue weighted by Gasteiger charge is 2.38. The van der Waals surface area contributed by atoms with E-state index >= 15 is 0 Å². The van der Waals surface area contributed by atoms with E-state index in [1.54, 1.807) is 14.1 Å². The van der Waals surface area contributed by atoms with Crippen LogP contribution in [0.2, 0.25) is 0 Å². The third kappa shape index (κ3) is 4.74. The molecule has 2 N–H and O–H groups in total. The third-order valence-corrected chi connectivity index (χ3v) is 4.42. The Morgan fingerprint density at radius 3 is 2.43 bits per heavy atom. The maximum Gasteiger partial charge on any atom is 0.416 e. The molecule has 0 bridgehead atoms. The highest BCUT2D eigenvalue weighted by Crippen LogP contribution is 2.42. The Kier molecular flexibility index (Phi) is 7.16. The summed E-state index contributed by atoms with van der Waals surface area (Å²) >= 11 is 0. The summed E-state index contributed by atoms with van der Waals surface area (Å²) in [6.07, 6.45) is -0.444. The molecular weight excluding hydrogens is 418 g/mol. The molecule has 0 saturated heterocycles. The van der Waals surface area contributed by atoms with Gasteiger partial charge in [0.25, 0.3) is 0 Å². The lowest BCUT2D eigenvalue weighted by Gasteiger charge is -2.31. The summed E-state index contributed by atoms with van der Waals surface area (Å²) in [4.78, 5) is 4.06. The van der Waals surface area contributed by atoms with Crippen molar-refractivity contribution in [3.8, 4) is 0 Å². The van der Waals surface area contributed by atoms with E-state index in [1.807, 2.05) is 6.07 Å². The molecule has 1 aromatic rings. The maximum atomic E-state index is 13.0. The number of hydrogen-bond acceptors (Lipinski definition) is 1. The zero-order valence-electron chi connectivity index (χ0n) is 13.3. The van der Waals surface area contributed by atoms with Crippen molar-refractivity contribution in [2.45, 2.75) is 37.3 Å². The van der Waals surface area contributed by atoms with Gasteiger partial charge in [-0.3, -0.25) is 4.99 Å². The van der Waals surface area contributed by atoms with Crippen LogP contribution in [-0.2, 0) is 11.6 Å². The SMILES string of the molecule is CN=C(NC)NCC1(c2cccc(C(F)(F)F)c2)CCCC1.I. The number of nitrogens with one attached hydrogen (secondary N) is 2. The average Bonchev–Trinajstić information content (AvgIpc) is 2.98. The Morgan fingerprint density at radius 2 is 1.91 bits per heavy atom. The third-order valence-electron chi connectivity index (χ3n) is 4.42. The molecule has 1 fully saturated rings. The number of aliphatic imine (C=N–C) groups is 1. The molecule has 1 aliphatic rings. The van der Waals surface area contributed by atoms with Crippen molar-refractivity contribution in [2.75, 3.05) is 20.6 Å². The lowest BCUT2D eigenvalue weighted by molar-refractivity contribution is -0.137. The second-order valence-corrected chi connectivity index (χ2v) is 5.74. The van der Waals surface area contributed by atoms with Crippen LogP contribution in [0, 0.1) is 0 Å². The molecule has 1 saturated carbocycles. The molecule has 23 heavy (non-hydrogen) atoms. The largest absolute Gasteiger partial charge is 0.416 e. The molecular formula is C16H23F3IN3. The quantitative estimate of drug-likeness (QED) is 0.424. The molecule has 0 unspecified atom stereocenters. The van der Waals surface area contributed by atoms with Crippen LogP contribution in [0.1, 0.15) is 36.8 Å². The number of rotatable bonds is 3. The highest BCUT2D eigenvalue weighted by molar-refractivity contribution is 14.0. The minimum atomic E-state index is -4.30. The molecule has 0 aromatic heterocycles. The summed E-state index contributed by atoms with van der Waals surface area (Å²) in [6.45, 7) is 0.585. The van der Waals surface area contributed by atoms with Crippen molar-refractivity contribution in [3.63, 3.8) is 0 Å². The molecule has 130 valence electrons. The standard InChI is InChI=1S/C16H22F3N3.HI/c1-20-14(21-2)22-11-15(8-3-4-9-15)12-6-5-7-13(10-12)16(17,18)19;/h5-7,10H,3-4,8-9,11H2,1-2H3,(H2,20,21,22);1H. The number of halogens is 4. The van der Waals surface area contributed by atoms with Gasteiger partial charge in [-0.1, -0.05) is 31.0 Å². The molecule has 0 atom stereocenters. The van der Waals surface area contributed by atoms with Crippen molar-refractivity contribution in [1.82, 2.24) is 10.6 Å². The van der Waals surface area contributed by atoms with Crippen molar-refractivity contribution in [1.29, 1.82) is 0 Å². The Labute approximate surface area is 152 Å². The van der Waals surface area contributed by atoms with E-state index in [1.165, 1.54) is 12.1 Å². The van der Waals surface area contributed by atoms with E-state index in [0.717, 1.165) is 37.3 Å². The van der Waals surface area contributed by atoms with E-state index in [9.17, 15) is 13.2 Å². The molecule has 3 nitrogen and oxygen atoms in total. The summed E-state index contributed by atoms with van der Waals surface area (Å²) in [5.74, 6) is 0.651. The van der Waals surface area contributed by atoms with Gasteiger partial charge in [0.2, 0.25) is 0 Å². The van der Waals surface area contributed by atoms with E-state index in [4.69, 9.17) is 0 Å². The highest BCUT2D eigenvalue weighted by atomic mass is 127. The van der Waals surface area contributed by atoms with Gasteiger partial charge in [0.1, 0.15) is 0 Å². The van der Waals surface area contributed by atoms with Gasteiger partial charge >= 0.3 is 6.18 Å². The second kappa shape index (κ2) is 8.21. The van der Waals surface area contributed by atoms with E-state index in [-0.39, 0.29) is 29.4 Å². The fourth-order valence-electron chi connectivity index (χ4n) is 3.18. The van der Waals surface area contributed by atoms with Gasteiger partial charge in [0.15, 0.2) is 5.96 Å². The van der Waals surface area contributed by atoms with Crippen molar-refractivity contribution in [2.24, 2.45) is 4.99 Å². The Hall–Kier alpha value is -0.990. The van der Waals surface area contributed by atoms with Crippen LogP contribution in [0.4, 0.5) is 13.2 Å². The number of hydrogen-bond donors (Lipinski definition) is 2. The van der Waals surface area contributed by atoms with Gasteiger partial charge in [-0.2, -0.15) is 13.2 Å². The Morgan fingerprint density at radius 1 is 1.26 bits per heavy atom. The number of guanidine groups is 1. The summed E-state index contributed by atoms with van der Waals surface area (Å²) in [5.41, 5.74) is -0.0678. The van der Waals surface area contributed by atoms with E-state index in [2.05, 4.69) is 15.6 Å². The van der Waals surface area contributed by atoms with E-state index in [0.29, 0.717) is 12.5 Å². The predicted molar refractivity (Wildman–Crippen MR) is 97.4 cm³/mol. The van der Waals surface area contributed by atoms with Crippen LogP contribution >= 0.6 is 24.0 Å². The smallest absolute Gasteiger partial charge is 0.359 e. The van der Waals surface area contributed by atoms with Crippen molar-refractivity contribution in [3.05, 3.63) is 35.4 Å². The van der Waals surface area contributed by atoms with Crippen LogP contribution in [0.5, 0.6) is 0 Å². The number of nitrogens with zero attached hydrogens (tertiary/aromatic N) is 1. The minimum absolute atomic E-state index is 0. The lowest BCUT2D eigenvalue weighted by atomic mass is 9.78. The fourth-order valence-corrected chi connectivity index (χ4v) is 3.18. The van der Waals surface area contributed by atoms with Gasteiger partial charge in [0, 0.05) is 26.1 Å². The number of alkyl halides is 3. The molecule has 2 rings (SSSR count). The first-order valence-corrected chi connectivity index (χ1v) is 7.47. The zero-order valence-corrected chi connectivity index (χ0v) is 15.7. The Bertz CT molecular complexity index is 538. The first-order chi connectivity index (χ1) is 10.4. The van der Waals surface area contributed by atoms with E-state index < -0.39 is 11.7 Å². The summed E-state index contributed by atoms with van der Waals surface area (Å²) in [6, 6.07) is 5.75. The van der Waals surface area contributed by atoms with Gasteiger partial charge in [-0.05, 0) is 24.5 Å². The van der Waals surface area contributed by atoms with Crippen LogP contribution < -0.4 is 10.6 Å². The predicted octanol–water partition coefficient (Wildman–Crippen LogP) is 3.93. The molecule has 0 heterocycles. The van der Waals surface area contributed by atoms with Crippen LogP contribution in [0.25, 0.3) is 0 Å². The molecule has 1 aliphatic carbocycles. The summed E-state index contributed by atoms with van der Waals surface area (Å²) in [5, 5.41) is 6.16. The van der Waals surface area contributed by atoms with Crippen LogP contribution in [0.3, 0.4) is 0 Å². The molecule has 0 radical (unpaired) electrons. The van der Waals surface area contributed by atoms with Gasteiger partial charge in [-0.15, -0.1) is 24.0 Å². The van der Waals surface area contributed by atoms with Crippen molar-refractivity contribution < 1.29 is 13.2 Å². The first kappa shape index (κ1) is 20.1. The summed E-state index contributed by atoms with van der Waals surface area (Å²) in [7, 11) is 3.44. The fraction of sp³-hybridized carbons (Fsp3) is 0.562. The second-order valence-electron chi connectivity index (χ2n) is 5.74. The molecule has 0 amide bonds. The molecule has 0 spiro atoms. The van der Waals surface area contributed by atoms with Crippen molar-refractivity contribution >= 4 is 29.9 Å². The van der Waals surface area contributed by atoms with Gasteiger partial charge in [0.05, 0.1) is 5.56 Å².